The molecule has 0 amide bonds. The first kappa shape index (κ1) is 20.5. The summed E-state index contributed by atoms with van der Waals surface area (Å²) in [6, 6.07) is 9.77. The summed E-state index contributed by atoms with van der Waals surface area (Å²) in [5.74, 6) is -0.506. The third-order valence-electron chi connectivity index (χ3n) is 4.99. The highest BCUT2D eigenvalue weighted by Gasteiger charge is 2.29. The molecule has 3 aromatic rings. The minimum atomic E-state index is -3.76. The highest BCUT2D eigenvalue weighted by atomic mass is 35.5. The van der Waals surface area contributed by atoms with Crippen LogP contribution in [-0.4, -0.2) is 53.3 Å². The fourth-order valence-corrected chi connectivity index (χ4v) is 4.96. The molecule has 1 aliphatic heterocycles. The molecule has 12 heteroatoms. The van der Waals surface area contributed by atoms with Crippen molar-refractivity contribution in [3.05, 3.63) is 68.2 Å². The average molecular weight is 453 g/mol. The van der Waals surface area contributed by atoms with Crippen molar-refractivity contribution in [3.8, 4) is 0 Å². The van der Waals surface area contributed by atoms with Gasteiger partial charge in [0.15, 0.2) is 5.58 Å². The molecule has 2 heterocycles. The molecule has 0 radical (unpaired) electrons. The number of rotatable bonds is 5. The lowest BCUT2D eigenvalue weighted by Gasteiger charge is -2.33. The lowest BCUT2D eigenvalue weighted by atomic mass is 10.3. The van der Waals surface area contributed by atoms with E-state index in [-0.39, 0.29) is 30.3 Å². The summed E-state index contributed by atoms with van der Waals surface area (Å²) >= 11 is 5.93. The van der Waals surface area contributed by atoms with E-state index in [2.05, 4.69) is 0 Å². The predicted octanol–water partition coefficient (Wildman–Crippen LogP) is 2.12. The van der Waals surface area contributed by atoms with Gasteiger partial charge in [-0.15, -0.1) is 0 Å². The molecular formula is C18H17ClN4O6S. The zero-order valence-electron chi connectivity index (χ0n) is 15.6. The second-order valence-corrected chi connectivity index (χ2v) is 9.20. The van der Waals surface area contributed by atoms with Gasteiger partial charge in [0.1, 0.15) is 0 Å². The monoisotopic (exact) mass is 452 g/mol. The molecule has 1 aromatic heterocycles. The molecule has 158 valence electrons. The number of nitrogens with zero attached hydrogens (tertiary/aromatic N) is 4. The van der Waals surface area contributed by atoms with Crippen LogP contribution in [0.2, 0.25) is 5.02 Å². The van der Waals surface area contributed by atoms with Crippen molar-refractivity contribution >= 4 is 38.4 Å². The Morgan fingerprint density at radius 2 is 1.73 bits per heavy atom. The van der Waals surface area contributed by atoms with E-state index in [4.69, 9.17) is 16.0 Å². The molecule has 0 N–H and O–H groups in total. The lowest BCUT2D eigenvalue weighted by Crippen LogP contribution is -2.49. The molecule has 1 aliphatic rings. The minimum Gasteiger partial charge on any atom is -0.408 e. The number of fused-ring (bicyclic) bond motifs is 1. The Kier molecular flexibility index (Phi) is 5.36. The Balaban J connectivity index is 1.46. The summed E-state index contributed by atoms with van der Waals surface area (Å²) in [5.41, 5.74) is 0.843. The van der Waals surface area contributed by atoms with Gasteiger partial charge in [-0.25, -0.2) is 13.2 Å². The van der Waals surface area contributed by atoms with Crippen LogP contribution in [-0.2, 0) is 16.7 Å². The number of nitro benzene ring substituents is 1. The van der Waals surface area contributed by atoms with Crippen molar-refractivity contribution in [2.24, 2.45) is 0 Å². The molecule has 0 spiro atoms. The van der Waals surface area contributed by atoms with Gasteiger partial charge >= 0.3 is 5.76 Å². The van der Waals surface area contributed by atoms with Gasteiger partial charge in [0, 0.05) is 49.4 Å². The maximum atomic E-state index is 12.8. The molecule has 2 aromatic carbocycles. The highest BCUT2D eigenvalue weighted by Crippen LogP contribution is 2.22. The first-order chi connectivity index (χ1) is 14.3. The van der Waals surface area contributed by atoms with Crippen molar-refractivity contribution in [2.75, 3.05) is 26.2 Å². The highest BCUT2D eigenvalue weighted by molar-refractivity contribution is 7.89. The molecule has 0 unspecified atom stereocenters. The maximum Gasteiger partial charge on any atom is 0.421 e. The number of hydrogen-bond donors (Lipinski definition) is 0. The van der Waals surface area contributed by atoms with E-state index in [9.17, 15) is 23.3 Å². The third kappa shape index (κ3) is 3.84. The van der Waals surface area contributed by atoms with Gasteiger partial charge in [-0.05, 0) is 24.3 Å². The van der Waals surface area contributed by atoms with Gasteiger partial charge < -0.3 is 4.42 Å². The average Bonchev–Trinajstić information content (AvgIpc) is 3.02. The van der Waals surface area contributed by atoms with E-state index in [0.29, 0.717) is 29.2 Å². The van der Waals surface area contributed by atoms with Gasteiger partial charge in [0.2, 0.25) is 10.0 Å². The Hall–Kier alpha value is -2.73. The Morgan fingerprint density at radius 3 is 2.37 bits per heavy atom. The summed E-state index contributed by atoms with van der Waals surface area (Å²) in [7, 11) is -3.76. The molecule has 0 bridgehead atoms. The van der Waals surface area contributed by atoms with E-state index >= 15 is 0 Å². The van der Waals surface area contributed by atoms with Gasteiger partial charge in [-0.2, -0.15) is 4.31 Å². The zero-order chi connectivity index (χ0) is 21.5. The second-order valence-electron chi connectivity index (χ2n) is 6.82. The number of oxazole rings is 1. The normalized spacial score (nSPS) is 16.2. The van der Waals surface area contributed by atoms with Crippen molar-refractivity contribution in [3.63, 3.8) is 0 Å². The molecule has 0 atom stereocenters. The largest absolute Gasteiger partial charge is 0.421 e. The van der Waals surface area contributed by atoms with Crippen LogP contribution in [0.25, 0.3) is 11.1 Å². The van der Waals surface area contributed by atoms with Crippen LogP contribution < -0.4 is 5.76 Å². The predicted molar refractivity (Wildman–Crippen MR) is 109 cm³/mol. The number of nitro groups is 1. The summed E-state index contributed by atoms with van der Waals surface area (Å²) in [6.45, 7) is 1.56. The fraction of sp³-hybridized carbons (Fsp3) is 0.278. The number of aromatic nitrogens is 1. The molecule has 30 heavy (non-hydrogen) atoms. The van der Waals surface area contributed by atoms with E-state index in [1.807, 2.05) is 4.90 Å². The number of sulfonamides is 1. The smallest absolute Gasteiger partial charge is 0.408 e. The zero-order valence-corrected chi connectivity index (χ0v) is 17.2. The Labute approximate surface area is 176 Å². The summed E-state index contributed by atoms with van der Waals surface area (Å²) in [4.78, 5) is 24.3. The van der Waals surface area contributed by atoms with Crippen LogP contribution in [0.3, 0.4) is 0 Å². The van der Waals surface area contributed by atoms with Crippen LogP contribution >= 0.6 is 11.6 Å². The van der Waals surface area contributed by atoms with Crippen LogP contribution in [0.4, 0.5) is 5.69 Å². The number of non-ortho nitro benzene ring substituents is 1. The van der Waals surface area contributed by atoms with E-state index in [1.165, 1.54) is 33.1 Å². The van der Waals surface area contributed by atoms with E-state index in [1.54, 1.807) is 18.2 Å². The van der Waals surface area contributed by atoms with Gasteiger partial charge in [0.25, 0.3) is 5.69 Å². The number of hydrogen-bond acceptors (Lipinski definition) is 7. The first-order valence-electron chi connectivity index (χ1n) is 9.01. The van der Waals surface area contributed by atoms with E-state index in [0.717, 1.165) is 0 Å². The molecule has 1 fully saturated rings. The molecule has 1 saturated heterocycles. The standard InChI is InChI=1S/C18H17ClN4O6S/c19-13-1-6-16-17(11-13)29-18(24)22(16)12-20-7-9-21(10-8-20)30(27,28)15-4-2-14(3-5-15)23(25)26/h1-6,11H,7-10,12H2. The summed E-state index contributed by atoms with van der Waals surface area (Å²) in [6.07, 6.45) is 0. The van der Waals surface area contributed by atoms with Gasteiger partial charge in [0.05, 0.1) is 22.0 Å². The van der Waals surface area contributed by atoms with Crippen LogP contribution in [0.1, 0.15) is 0 Å². The second kappa shape index (κ2) is 7.84. The summed E-state index contributed by atoms with van der Waals surface area (Å²) < 4.78 is 33.7. The van der Waals surface area contributed by atoms with Crippen molar-refractivity contribution in [2.45, 2.75) is 11.6 Å². The lowest BCUT2D eigenvalue weighted by molar-refractivity contribution is -0.384. The SMILES string of the molecule is O=c1oc2cc(Cl)ccc2n1CN1CCN(S(=O)(=O)c2ccc([N+](=O)[O-])cc2)CC1. The minimum absolute atomic E-state index is 0.00970. The van der Waals surface area contributed by atoms with Gasteiger partial charge in [-0.3, -0.25) is 19.6 Å². The number of benzene rings is 2. The molecule has 4 rings (SSSR count). The van der Waals surface area contributed by atoms with Crippen molar-refractivity contribution < 1.29 is 17.8 Å². The first-order valence-corrected chi connectivity index (χ1v) is 10.8. The maximum absolute atomic E-state index is 12.8. The van der Waals surface area contributed by atoms with E-state index < -0.39 is 20.7 Å². The molecule has 10 nitrogen and oxygen atoms in total. The fourth-order valence-electron chi connectivity index (χ4n) is 3.37. The molecule has 0 aliphatic carbocycles. The van der Waals surface area contributed by atoms with Crippen LogP contribution in [0.5, 0.6) is 0 Å². The van der Waals surface area contributed by atoms with Crippen LogP contribution in [0.15, 0.2) is 56.6 Å². The third-order valence-corrected chi connectivity index (χ3v) is 7.14. The molecular weight excluding hydrogens is 436 g/mol. The topological polar surface area (TPSA) is 119 Å². The van der Waals surface area contributed by atoms with Gasteiger partial charge in [-0.1, -0.05) is 11.6 Å². The Morgan fingerprint density at radius 1 is 1.07 bits per heavy atom. The quantitative estimate of drug-likeness (QED) is 0.429. The summed E-state index contributed by atoms with van der Waals surface area (Å²) in [5, 5.41) is 11.2. The van der Waals surface area contributed by atoms with Crippen molar-refractivity contribution in [1.82, 2.24) is 13.8 Å². The van der Waals surface area contributed by atoms with Crippen LogP contribution in [0, 0.1) is 10.1 Å². The molecule has 0 saturated carbocycles. The Bertz CT molecular complexity index is 1260. The number of piperazine rings is 1. The van der Waals surface area contributed by atoms with Crippen molar-refractivity contribution in [1.29, 1.82) is 0 Å². The number of halogens is 1.